The molecule has 2 amide bonds. The van der Waals surface area contributed by atoms with E-state index in [0.717, 1.165) is 60.1 Å². The third kappa shape index (κ3) is 4.16. The van der Waals surface area contributed by atoms with Crippen molar-refractivity contribution in [3.05, 3.63) is 23.2 Å². The van der Waals surface area contributed by atoms with Crippen molar-refractivity contribution in [1.82, 2.24) is 14.8 Å². The lowest BCUT2D eigenvalue weighted by molar-refractivity contribution is 0.0355. The summed E-state index contributed by atoms with van der Waals surface area (Å²) in [5, 5.41) is 4.08. The lowest BCUT2D eigenvalue weighted by atomic mass is 10.3. The summed E-state index contributed by atoms with van der Waals surface area (Å²) >= 11 is 1.67. The number of hydrogen-bond donors (Lipinski definition) is 1. The van der Waals surface area contributed by atoms with E-state index in [2.05, 4.69) is 15.2 Å². The van der Waals surface area contributed by atoms with Crippen molar-refractivity contribution in [1.29, 1.82) is 0 Å². The van der Waals surface area contributed by atoms with E-state index in [0.29, 0.717) is 6.54 Å². The lowest BCUT2D eigenvalue weighted by Crippen LogP contribution is -2.43. The maximum Gasteiger partial charge on any atom is 0.321 e. The first-order valence-electron chi connectivity index (χ1n) is 9.44. The van der Waals surface area contributed by atoms with Crippen molar-refractivity contribution in [3.63, 3.8) is 0 Å². The van der Waals surface area contributed by atoms with Crippen molar-refractivity contribution in [2.24, 2.45) is 0 Å². The average Bonchev–Trinajstić information content (AvgIpc) is 3.18. The van der Waals surface area contributed by atoms with E-state index in [1.54, 1.807) is 11.3 Å². The van der Waals surface area contributed by atoms with Gasteiger partial charge in [0.2, 0.25) is 0 Å². The molecule has 2 saturated heterocycles. The predicted octanol–water partition coefficient (Wildman–Crippen LogP) is 3.32. The number of anilines is 1. The number of benzene rings is 1. The number of carbonyl (C=O) groups is 1. The van der Waals surface area contributed by atoms with Crippen LogP contribution in [0.25, 0.3) is 10.2 Å². The van der Waals surface area contributed by atoms with Crippen LogP contribution in [0.3, 0.4) is 0 Å². The number of amides is 2. The fraction of sp³-hybridized carbons (Fsp3) is 0.579. The summed E-state index contributed by atoms with van der Waals surface area (Å²) in [5.74, 6) is 0. The van der Waals surface area contributed by atoms with Gasteiger partial charge in [0.1, 0.15) is 0 Å². The standard InChI is InChI=1S/C19H26N4O2S/c1-14-20-17-11-15(5-6-18(17)26-14)21-19(24)23-9-4-10-25-16(13-23)12-22-7-2-3-8-22/h5-6,11,16H,2-4,7-10,12-13H2,1H3,(H,21,24)/t16-/m0/s1. The van der Waals surface area contributed by atoms with Gasteiger partial charge in [0.15, 0.2) is 0 Å². The number of carbonyl (C=O) groups excluding carboxylic acids is 1. The van der Waals surface area contributed by atoms with Gasteiger partial charge in [-0.15, -0.1) is 11.3 Å². The SMILES string of the molecule is Cc1nc2cc(NC(=O)N3CCCO[C@@H](CN4CCCC4)C3)ccc2s1. The number of aryl methyl sites for hydroxylation is 1. The summed E-state index contributed by atoms with van der Waals surface area (Å²) < 4.78 is 7.13. The number of nitrogens with zero attached hydrogens (tertiary/aromatic N) is 3. The van der Waals surface area contributed by atoms with E-state index in [4.69, 9.17) is 4.74 Å². The van der Waals surface area contributed by atoms with E-state index in [1.165, 1.54) is 12.8 Å². The summed E-state index contributed by atoms with van der Waals surface area (Å²) in [4.78, 5) is 21.6. The molecular weight excluding hydrogens is 348 g/mol. The second-order valence-corrected chi connectivity index (χ2v) is 8.38. The fourth-order valence-corrected chi connectivity index (χ4v) is 4.57. The molecule has 4 rings (SSSR count). The highest BCUT2D eigenvalue weighted by Crippen LogP contribution is 2.24. The van der Waals surface area contributed by atoms with Gasteiger partial charge in [-0.1, -0.05) is 0 Å². The van der Waals surface area contributed by atoms with E-state index in [1.807, 2.05) is 30.0 Å². The summed E-state index contributed by atoms with van der Waals surface area (Å²) in [6.45, 7) is 7.35. The highest BCUT2D eigenvalue weighted by atomic mass is 32.1. The van der Waals surface area contributed by atoms with Crippen LogP contribution < -0.4 is 5.32 Å². The number of aromatic nitrogens is 1. The molecule has 0 aliphatic carbocycles. The fourth-order valence-electron chi connectivity index (χ4n) is 3.77. The Balaban J connectivity index is 1.39. The molecule has 1 aromatic heterocycles. The number of thiazole rings is 1. The summed E-state index contributed by atoms with van der Waals surface area (Å²) in [6.07, 6.45) is 3.53. The highest BCUT2D eigenvalue weighted by Gasteiger charge is 2.25. The smallest absolute Gasteiger partial charge is 0.321 e. The largest absolute Gasteiger partial charge is 0.375 e. The van der Waals surface area contributed by atoms with Gasteiger partial charge in [-0.05, 0) is 57.5 Å². The van der Waals surface area contributed by atoms with Crippen LogP contribution in [0.1, 0.15) is 24.3 Å². The van der Waals surface area contributed by atoms with Crippen molar-refractivity contribution < 1.29 is 9.53 Å². The van der Waals surface area contributed by atoms with Gasteiger partial charge in [-0.3, -0.25) is 0 Å². The normalized spacial score (nSPS) is 21.9. The van der Waals surface area contributed by atoms with Crippen LogP contribution in [0.15, 0.2) is 18.2 Å². The molecule has 7 heteroatoms. The summed E-state index contributed by atoms with van der Waals surface area (Å²) in [7, 11) is 0. The first-order valence-corrected chi connectivity index (χ1v) is 10.3. The number of hydrogen-bond acceptors (Lipinski definition) is 5. The Bertz CT molecular complexity index is 772. The van der Waals surface area contributed by atoms with Crippen molar-refractivity contribution in [2.45, 2.75) is 32.3 Å². The van der Waals surface area contributed by atoms with Crippen LogP contribution in [0.5, 0.6) is 0 Å². The average molecular weight is 375 g/mol. The Labute approximate surface area is 158 Å². The molecule has 2 aliphatic heterocycles. The molecule has 3 heterocycles. The first kappa shape index (κ1) is 17.7. The number of ether oxygens (including phenoxy) is 1. The Hall–Kier alpha value is -1.70. The molecule has 2 aromatic rings. The number of rotatable bonds is 3. The lowest BCUT2D eigenvalue weighted by Gasteiger charge is -2.27. The van der Waals surface area contributed by atoms with Crippen LogP contribution in [-0.2, 0) is 4.74 Å². The van der Waals surface area contributed by atoms with Gasteiger partial charge in [0, 0.05) is 31.9 Å². The van der Waals surface area contributed by atoms with Gasteiger partial charge < -0.3 is 19.9 Å². The minimum absolute atomic E-state index is 0.0479. The second kappa shape index (κ2) is 7.90. The number of nitrogens with one attached hydrogen (secondary N) is 1. The maximum atomic E-state index is 12.8. The number of likely N-dealkylation sites (tertiary alicyclic amines) is 1. The summed E-state index contributed by atoms with van der Waals surface area (Å²) in [5.41, 5.74) is 1.74. The van der Waals surface area contributed by atoms with Crippen LogP contribution in [0.2, 0.25) is 0 Å². The van der Waals surface area contributed by atoms with Gasteiger partial charge in [0.25, 0.3) is 0 Å². The molecule has 2 aliphatic rings. The van der Waals surface area contributed by atoms with Crippen LogP contribution >= 0.6 is 11.3 Å². The third-order valence-electron chi connectivity index (χ3n) is 5.04. The molecule has 2 fully saturated rings. The Morgan fingerprint density at radius 1 is 1.31 bits per heavy atom. The van der Waals surface area contributed by atoms with Crippen molar-refractivity contribution >= 4 is 33.3 Å². The maximum absolute atomic E-state index is 12.8. The number of fused-ring (bicyclic) bond motifs is 1. The zero-order chi connectivity index (χ0) is 17.9. The quantitative estimate of drug-likeness (QED) is 0.895. The molecule has 0 unspecified atom stereocenters. The van der Waals surface area contributed by atoms with Gasteiger partial charge in [-0.2, -0.15) is 0 Å². The Kier molecular flexibility index (Phi) is 5.38. The minimum Gasteiger partial charge on any atom is -0.375 e. The van der Waals surface area contributed by atoms with Crippen molar-refractivity contribution in [3.8, 4) is 0 Å². The minimum atomic E-state index is -0.0479. The Morgan fingerprint density at radius 3 is 3.00 bits per heavy atom. The van der Waals surface area contributed by atoms with Gasteiger partial charge in [0.05, 0.1) is 21.3 Å². The van der Waals surface area contributed by atoms with E-state index in [9.17, 15) is 4.79 Å². The van der Waals surface area contributed by atoms with E-state index >= 15 is 0 Å². The van der Waals surface area contributed by atoms with E-state index in [-0.39, 0.29) is 12.1 Å². The van der Waals surface area contributed by atoms with E-state index < -0.39 is 0 Å². The van der Waals surface area contributed by atoms with Crippen LogP contribution in [-0.4, -0.2) is 66.2 Å². The molecule has 1 N–H and O–H groups in total. The molecule has 1 aromatic carbocycles. The summed E-state index contributed by atoms with van der Waals surface area (Å²) in [6, 6.07) is 5.88. The third-order valence-corrected chi connectivity index (χ3v) is 6.00. The molecule has 6 nitrogen and oxygen atoms in total. The monoisotopic (exact) mass is 374 g/mol. The van der Waals surface area contributed by atoms with Crippen molar-refractivity contribution in [2.75, 3.05) is 44.6 Å². The molecule has 0 radical (unpaired) electrons. The van der Waals surface area contributed by atoms with Gasteiger partial charge >= 0.3 is 6.03 Å². The molecule has 0 spiro atoms. The molecule has 26 heavy (non-hydrogen) atoms. The van der Waals surface area contributed by atoms with Crippen LogP contribution in [0, 0.1) is 6.92 Å². The molecular formula is C19H26N4O2S. The first-order chi connectivity index (χ1) is 12.7. The Morgan fingerprint density at radius 2 is 2.15 bits per heavy atom. The zero-order valence-corrected chi connectivity index (χ0v) is 16.1. The topological polar surface area (TPSA) is 57.7 Å². The van der Waals surface area contributed by atoms with Crippen LogP contribution in [0.4, 0.5) is 10.5 Å². The second-order valence-electron chi connectivity index (χ2n) is 7.15. The van der Waals surface area contributed by atoms with Gasteiger partial charge in [-0.25, -0.2) is 9.78 Å². The highest BCUT2D eigenvalue weighted by molar-refractivity contribution is 7.18. The molecule has 0 bridgehead atoms. The molecule has 1 atom stereocenters. The zero-order valence-electron chi connectivity index (χ0n) is 15.2. The molecule has 140 valence electrons. The molecule has 0 saturated carbocycles. The number of urea groups is 1. The predicted molar refractivity (Wildman–Crippen MR) is 105 cm³/mol.